The number of carbonyl (C=O) groups excluding carboxylic acids is 1. The van der Waals surface area contributed by atoms with Crippen molar-refractivity contribution in [3.8, 4) is 0 Å². The van der Waals surface area contributed by atoms with Gasteiger partial charge in [0, 0.05) is 13.1 Å². The van der Waals surface area contributed by atoms with Gasteiger partial charge in [0.2, 0.25) is 0 Å². The summed E-state index contributed by atoms with van der Waals surface area (Å²) in [7, 11) is 0. The molecule has 0 aliphatic rings. The number of nitrogens with two attached hydrogens (primary N) is 1. The second-order valence-electron chi connectivity index (χ2n) is 3.19. The van der Waals surface area contributed by atoms with Crippen LogP contribution in [0.1, 0.15) is 19.8 Å². The second kappa shape index (κ2) is 8.05. The smallest absolute Gasteiger partial charge is 0.323 e. The van der Waals surface area contributed by atoms with Gasteiger partial charge in [0.05, 0.1) is 0 Å². The number of carboxylic acid groups (broad SMARTS) is 1. The van der Waals surface area contributed by atoms with Crippen molar-refractivity contribution >= 4 is 12.0 Å². The Morgan fingerprint density at radius 2 is 2.13 bits per heavy atom. The summed E-state index contributed by atoms with van der Waals surface area (Å²) in [5.74, 6) is -1.00. The van der Waals surface area contributed by atoms with E-state index < -0.39 is 5.97 Å². The number of urea groups is 1. The quantitative estimate of drug-likeness (QED) is 0.516. The number of carboxylic acids is 1. The van der Waals surface area contributed by atoms with E-state index in [-0.39, 0.29) is 12.6 Å². The molecule has 0 radical (unpaired) electrons. The summed E-state index contributed by atoms with van der Waals surface area (Å²) in [6, 6.07) is -0.340. The minimum Gasteiger partial charge on any atom is -0.480 e. The van der Waals surface area contributed by atoms with E-state index in [1.807, 2.05) is 6.92 Å². The van der Waals surface area contributed by atoms with Crippen molar-refractivity contribution in [1.82, 2.24) is 10.2 Å². The summed E-state index contributed by atoms with van der Waals surface area (Å²) in [4.78, 5) is 23.2. The van der Waals surface area contributed by atoms with Crippen LogP contribution in [-0.4, -0.2) is 48.2 Å². The first kappa shape index (κ1) is 13.7. The molecule has 0 rings (SSSR count). The van der Waals surface area contributed by atoms with Gasteiger partial charge in [-0.15, -0.1) is 0 Å². The zero-order valence-corrected chi connectivity index (χ0v) is 9.03. The molecule has 0 spiro atoms. The number of rotatable bonds is 7. The Kier molecular flexibility index (Phi) is 7.35. The Hall–Kier alpha value is -1.30. The average molecular weight is 217 g/mol. The van der Waals surface area contributed by atoms with Gasteiger partial charge in [0.15, 0.2) is 0 Å². The van der Waals surface area contributed by atoms with Gasteiger partial charge < -0.3 is 21.1 Å². The van der Waals surface area contributed by atoms with Crippen LogP contribution in [0.15, 0.2) is 0 Å². The third-order valence-corrected chi connectivity index (χ3v) is 1.76. The van der Waals surface area contributed by atoms with Crippen LogP contribution in [-0.2, 0) is 4.79 Å². The molecule has 0 saturated heterocycles. The van der Waals surface area contributed by atoms with E-state index >= 15 is 0 Å². The van der Waals surface area contributed by atoms with E-state index in [1.54, 1.807) is 0 Å². The van der Waals surface area contributed by atoms with Crippen LogP contribution in [0.25, 0.3) is 0 Å². The molecule has 0 fully saturated rings. The normalized spacial score (nSPS) is 9.73. The van der Waals surface area contributed by atoms with Crippen LogP contribution in [0, 0.1) is 0 Å². The molecule has 0 aliphatic carbocycles. The molecule has 0 atom stereocenters. The van der Waals surface area contributed by atoms with Gasteiger partial charge in [-0.05, 0) is 19.4 Å². The molecule has 6 heteroatoms. The molecule has 0 saturated carbocycles. The monoisotopic (exact) mass is 217 g/mol. The average Bonchev–Trinajstić information content (AvgIpc) is 2.17. The summed E-state index contributed by atoms with van der Waals surface area (Å²) in [6.45, 7) is 3.06. The molecule has 0 aromatic rings. The minimum absolute atomic E-state index is 0.262. The lowest BCUT2D eigenvalue weighted by Gasteiger charge is -2.20. The summed E-state index contributed by atoms with van der Waals surface area (Å²) < 4.78 is 0. The molecule has 0 aromatic heterocycles. The van der Waals surface area contributed by atoms with E-state index in [0.717, 1.165) is 6.42 Å². The first-order valence-corrected chi connectivity index (χ1v) is 5.06. The highest BCUT2D eigenvalue weighted by molar-refractivity contribution is 5.79. The fourth-order valence-electron chi connectivity index (χ4n) is 1.09. The zero-order chi connectivity index (χ0) is 11.7. The Morgan fingerprint density at radius 3 is 2.60 bits per heavy atom. The van der Waals surface area contributed by atoms with Gasteiger partial charge in [-0.1, -0.05) is 6.92 Å². The van der Waals surface area contributed by atoms with E-state index in [4.69, 9.17) is 10.8 Å². The van der Waals surface area contributed by atoms with E-state index in [1.165, 1.54) is 4.90 Å². The van der Waals surface area contributed by atoms with E-state index in [2.05, 4.69) is 5.32 Å². The number of hydrogen-bond acceptors (Lipinski definition) is 3. The number of nitrogens with zero attached hydrogens (tertiary/aromatic N) is 1. The number of amides is 2. The molecule has 2 amide bonds. The maximum absolute atomic E-state index is 11.5. The molecule has 0 aliphatic heterocycles. The predicted octanol–water partition coefficient (Wildman–Crippen LogP) is -0.159. The SMILES string of the molecule is CCCN(CC(=O)O)C(=O)NCCCN. The van der Waals surface area contributed by atoms with Gasteiger partial charge in [0.25, 0.3) is 0 Å². The Morgan fingerprint density at radius 1 is 1.47 bits per heavy atom. The lowest BCUT2D eigenvalue weighted by atomic mass is 10.4. The summed E-state index contributed by atoms with van der Waals surface area (Å²) in [5.41, 5.74) is 5.27. The molecule has 15 heavy (non-hydrogen) atoms. The van der Waals surface area contributed by atoms with Crippen LogP contribution >= 0.6 is 0 Å². The van der Waals surface area contributed by atoms with Crippen molar-refractivity contribution in [3.63, 3.8) is 0 Å². The van der Waals surface area contributed by atoms with E-state index in [0.29, 0.717) is 26.1 Å². The maximum atomic E-state index is 11.5. The second-order valence-corrected chi connectivity index (χ2v) is 3.19. The number of aliphatic carboxylic acids is 1. The minimum atomic E-state index is -1.00. The highest BCUT2D eigenvalue weighted by atomic mass is 16.4. The highest BCUT2D eigenvalue weighted by Crippen LogP contribution is 1.92. The van der Waals surface area contributed by atoms with Crippen LogP contribution in [0.2, 0.25) is 0 Å². The van der Waals surface area contributed by atoms with Crippen molar-refractivity contribution in [2.45, 2.75) is 19.8 Å². The van der Waals surface area contributed by atoms with Crippen LogP contribution in [0.3, 0.4) is 0 Å². The number of carbonyl (C=O) groups is 2. The van der Waals surface area contributed by atoms with Crippen molar-refractivity contribution in [2.24, 2.45) is 5.73 Å². The fourth-order valence-corrected chi connectivity index (χ4v) is 1.09. The Bertz CT molecular complexity index is 209. The van der Waals surface area contributed by atoms with E-state index in [9.17, 15) is 9.59 Å². The topological polar surface area (TPSA) is 95.7 Å². The van der Waals surface area contributed by atoms with Crippen molar-refractivity contribution in [2.75, 3.05) is 26.2 Å². The maximum Gasteiger partial charge on any atom is 0.323 e. The largest absolute Gasteiger partial charge is 0.480 e. The molecule has 0 bridgehead atoms. The molecule has 6 nitrogen and oxygen atoms in total. The highest BCUT2D eigenvalue weighted by Gasteiger charge is 2.14. The van der Waals surface area contributed by atoms with Gasteiger partial charge in [-0.25, -0.2) is 4.79 Å². The molecule has 4 N–H and O–H groups in total. The molecular weight excluding hydrogens is 198 g/mol. The molecule has 0 aromatic carbocycles. The summed E-state index contributed by atoms with van der Waals surface area (Å²) >= 11 is 0. The first-order chi connectivity index (χ1) is 7.11. The van der Waals surface area contributed by atoms with Gasteiger partial charge >= 0.3 is 12.0 Å². The molecule has 0 unspecified atom stereocenters. The van der Waals surface area contributed by atoms with Crippen molar-refractivity contribution in [3.05, 3.63) is 0 Å². The molecule has 0 heterocycles. The van der Waals surface area contributed by atoms with Crippen LogP contribution in [0.5, 0.6) is 0 Å². The standard InChI is InChI=1S/C9H19N3O3/c1-2-6-12(7-8(13)14)9(15)11-5-3-4-10/h2-7,10H2,1H3,(H,11,15)(H,13,14). The third kappa shape index (κ3) is 6.73. The van der Waals surface area contributed by atoms with Gasteiger partial charge in [-0.2, -0.15) is 0 Å². The van der Waals surface area contributed by atoms with Crippen molar-refractivity contribution < 1.29 is 14.7 Å². The molecular formula is C9H19N3O3. The fraction of sp³-hybridized carbons (Fsp3) is 0.778. The van der Waals surface area contributed by atoms with Gasteiger partial charge in [0.1, 0.15) is 6.54 Å². The number of hydrogen-bond donors (Lipinski definition) is 3. The Balaban J connectivity index is 3.98. The zero-order valence-electron chi connectivity index (χ0n) is 9.03. The number of nitrogens with one attached hydrogen (secondary N) is 1. The summed E-state index contributed by atoms with van der Waals surface area (Å²) in [6.07, 6.45) is 1.43. The predicted molar refractivity (Wildman–Crippen MR) is 56.6 cm³/mol. The third-order valence-electron chi connectivity index (χ3n) is 1.76. The molecule has 88 valence electrons. The first-order valence-electron chi connectivity index (χ1n) is 5.06. The lowest BCUT2D eigenvalue weighted by Crippen LogP contribution is -2.43. The van der Waals surface area contributed by atoms with Crippen LogP contribution in [0.4, 0.5) is 4.79 Å². The van der Waals surface area contributed by atoms with Crippen molar-refractivity contribution in [1.29, 1.82) is 0 Å². The Labute approximate surface area is 89.4 Å². The lowest BCUT2D eigenvalue weighted by molar-refractivity contribution is -0.137. The summed E-state index contributed by atoms with van der Waals surface area (Å²) in [5, 5.41) is 11.2. The van der Waals surface area contributed by atoms with Crippen LogP contribution < -0.4 is 11.1 Å². The van der Waals surface area contributed by atoms with Gasteiger partial charge in [-0.3, -0.25) is 4.79 Å².